The van der Waals surface area contributed by atoms with Crippen molar-refractivity contribution in [2.45, 2.75) is 33.6 Å². The van der Waals surface area contributed by atoms with Crippen LogP contribution in [-0.2, 0) is 0 Å². The van der Waals surface area contributed by atoms with Crippen LogP contribution in [-0.4, -0.2) is 0 Å². The van der Waals surface area contributed by atoms with E-state index in [1.807, 2.05) is 6.08 Å². The average molecular weight is 138 g/mol. The van der Waals surface area contributed by atoms with Gasteiger partial charge in [-0.1, -0.05) is 38.5 Å². The molecule has 10 heavy (non-hydrogen) atoms. The van der Waals surface area contributed by atoms with Crippen LogP contribution in [0, 0.1) is 5.92 Å². The van der Waals surface area contributed by atoms with Gasteiger partial charge in [0.25, 0.3) is 0 Å². The summed E-state index contributed by atoms with van der Waals surface area (Å²) in [4.78, 5) is 0. The normalized spacial score (nSPS) is 12.2. The zero-order valence-corrected chi connectivity index (χ0v) is 7.35. The number of hydrogen-bond donors (Lipinski definition) is 0. The van der Waals surface area contributed by atoms with Crippen LogP contribution < -0.4 is 0 Å². The molecule has 58 valence electrons. The Balaban J connectivity index is 3.90. The van der Waals surface area contributed by atoms with Gasteiger partial charge >= 0.3 is 0 Å². The van der Waals surface area contributed by atoms with Gasteiger partial charge in [0, 0.05) is 0 Å². The lowest BCUT2D eigenvalue weighted by Crippen LogP contribution is -1.91. The van der Waals surface area contributed by atoms with Crippen LogP contribution in [0.25, 0.3) is 0 Å². The van der Waals surface area contributed by atoms with Crippen LogP contribution >= 0.6 is 0 Å². The van der Waals surface area contributed by atoms with Gasteiger partial charge in [0.2, 0.25) is 0 Å². The molecule has 0 amide bonds. The van der Waals surface area contributed by atoms with Gasteiger partial charge in [-0.15, -0.1) is 6.58 Å². The second-order valence-electron chi connectivity index (χ2n) is 2.81. The third-order valence-corrected chi connectivity index (χ3v) is 1.70. The molecule has 0 saturated heterocycles. The monoisotopic (exact) mass is 138 g/mol. The molecule has 0 aliphatic heterocycles. The van der Waals surface area contributed by atoms with Crippen molar-refractivity contribution in [2.24, 2.45) is 5.92 Å². The zero-order chi connectivity index (χ0) is 7.98. The molecule has 0 aliphatic carbocycles. The maximum absolute atomic E-state index is 3.68. The molecular weight excluding hydrogens is 120 g/mol. The largest absolute Gasteiger partial charge is 0.103 e. The van der Waals surface area contributed by atoms with Gasteiger partial charge in [-0.2, -0.15) is 0 Å². The smallest absolute Gasteiger partial charge is 0.0169 e. The highest BCUT2D eigenvalue weighted by atomic mass is 14.0. The Morgan fingerprint density at radius 1 is 1.50 bits per heavy atom. The molecule has 0 atom stereocenters. The Hall–Kier alpha value is -0.520. The van der Waals surface area contributed by atoms with Gasteiger partial charge in [0.15, 0.2) is 0 Å². The third-order valence-electron chi connectivity index (χ3n) is 1.70. The van der Waals surface area contributed by atoms with E-state index >= 15 is 0 Å². The van der Waals surface area contributed by atoms with Crippen molar-refractivity contribution in [3.05, 3.63) is 24.3 Å². The maximum Gasteiger partial charge on any atom is -0.0169 e. The fourth-order valence-electron chi connectivity index (χ4n) is 1.02. The van der Waals surface area contributed by atoms with Crippen molar-refractivity contribution in [1.82, 2.24) is 0 Å². The molecule has 0 radical (unpaired) electrons. The van der Waals surface area contributed by atoms with Crippen molar-refractivity contribution in [3.63, 3.8) is 0 Å². The van der Waals surface area contributed by atoms with E-state index < -0.39 is 0 Å². The SMILES string of the molecule is C=CC/C=C(\CC)C(C)C. The van der Waals surface area contributed by atoms with E-state index in [-0.39, 0.29) is 0 Å². The molecule has 0 fully saturated rings. The van der Waals surface area contributed by atoms with Gasteiger partial charge in [-0.05, 0) is 18.8 Å². The zero-order valence-electron chi connectivity index (χ0n) is 7.35. The first-order valence-electron chi connectivity index (χ1n) is 4.02. The second kappa shape index (κ2) is 5.28. The van der Waals surface area contributed by atoms with E-state index in [0.717, 1.165) is 6.42 Å². The van der Waals surface area contributed by atoms with E-state index in [1.54, 1.807) is 5.57 Å². The molecule has 0 N–H and O–H groups in total. The van der Waals surface area contributed by atoms with Crippen LogP contribution in [0.5, 0.6) is 0 Å². The number of hydrogen-bond acceptors (Lipinski definition) is 0. The summed E-state index contributed by atoms with van der Waals surface area (Å²) in [7, 11) is 0. The first-order valence-corrected chi connectivity index (χ1v) is 4.02. The summed E-state index contributed by atoms with van der Waals surface area (Å²) >= 11 is 0. The lowest BCUT2D eigenvalue weighted by atomic mass is 10.00. The van der Waals surface area contributed by atoms with Crippen LogP contribution in [0.4, 0.5) is 0 Å². The molecule has 0 nitrogen and oxygen atoms in total. The second-order valence-corrected chi connectivity index (χ2v) is 2.81. The minimum Gasteiger partial charge on any atom is -0.103 e. The van der Waals surface area contributed by atoms with E-state index in [0.29, 0.717) is 5.92 Å². The molecule has 0 saturated carbocycles. The Labute approximate surface area is 64.6 Å². The molecule has 0 unspecified atom stereocenters. The predicted molar refractivity (Wildman–Crippen MR) is 48.0 cm³/mol. The van der Waals surface area contributed by atoms with Crippen molar-refractivity contribution < 1.29 is 0 Å². The minimum absolute atomic E-state index is 0.699. The summed E-state index contributed by atoms with van der Waals surface area (Å²) in [6.45, 7) is 10.4. The molecule has 0 aromatic heterocycles. The fourth-order valence-corrected chi connectivity index (χ4v) is 1.02. The molecule has 0 spiro atoms. The summed E-state index contributed by atoms with van der Waals surface area (Å²) in [5.41, 5.74) is 1.54. The van der Waals surface area contributed by atoms with Crippen molar-refractivity contribution in [3.8, 4) is 0 Å². The van der Waals surface area contributed by atoms with Gasteiger partial charge in [0.1, 0.15) is 0 Å². The first kappa shape index (κ1) is 9.48. The van der Waals surface area contributed by atoms with Gasteiger partial charge in [-0.25, -0.2) is 0 Å². The minimum atomic E-state index is 0.699. The molecule has 0 bridgehead atoms. The lowest BCUT2D eigenvalue weighted by Gasteiger charge is -2.06. The van der Waals surface area contributed by atoms with Crippen LogP contribution in [0.15, 0.2) is 24.3 Å². The molecule has 0 heteroatoms. The summed E-state index contributed by atoms with van der Waals surface area (Å²) in [6.07, 6.45) is 6.41. The fraction of sp³-hybridized carbons (Fsp3) is 0.600. The Bertz CT molecular complexity index is 118. The first-order chi connectivity index (χ1) is 4.72. The lowest BCUT2D eigenvalue weighted by molar-refractivity contribution is 0.727. The van der Waals surface area contributed by atoms with Crippen LogP contribution in [0.3, 0.4) is 0 Å². The number of rotatable bonds is 4. The Morgan fingerprint density at radius 3 is 2.40 bits per heavy atom. The molecule has 0 aliphatic rings. The third kappa shape index (κ3) is 3.49. The molecule has 0 heterocycles. The highest BCUT2D eigenvalue weighted by Gasteiger charge is 1.97. The van der Waals surface area contributed by atoms with Gasteiger partial charge < -0.3 is 0 Å². The molecule has 0 rings (SSSR count). The summed E-state index contributed by atoms with van der Waals surface area (Å²) in [5, 5.41) is 0. The van der Waals surface area contributed by atoms with E-state index in [4.69, 9.17) is 0 Å². The van der Waals surface area contributed by atoms with Crippen molar-refractivity contribution in [2.75, 3.05) is 0 Å². The highest BCUT2D eigenvalue weighted by molar-refractivity contribution is 5.05. The quantitative estimate of drug-likeness (QED) is 0.521. The highest BCUT2D eigenvalue weighted by Crippen LogP contribution is 2.13. The van der Waals surface area contributed by atoms with Gasteiger partial charge in [0.05, 0.1) is 0 Å². The Kier molecular flexibility index (Phi) is 5.00. The predicted octanol–water partition coefficient (Wildman–Crippen LogP) is 3.55. The number of allylic oxidation sites excluding steroid dienone is 3. The van der Waals surface area contributed by atoms with E-state index in [9.17, 15) is 0 Å². The maximum atomic E-state index is 3.68. The van der Waals surface area contributed by atoms with Crippen LogP contribution in [0.2, 0.25) is 0 Å². The molecule has 0 aromatic rings. The van der Waals surface area contributed by atoms with Crippen molar-refractivity contribution in [1.29, 1.82) is 0 Å². The summed E-state index contributed by atoms with van der Waals surface area (Å²) < 4.78 is 0. The topological polar surface area (TPSA) is 0 Å². The summed E-state index contributed by atoms with van der Waals surface area (Å²) in [6, 6.07) is 0. The van der Waals surface area contributed by atoms with Gasteiger partial charge in [-0.3, -0.25) is 0 Å². The summed E-state index contributed by atoms with van der Waals surface area (Å²) in [5.74, 6) is 0.699. The van der Waals surface area contributed by atoms with Crippen molar-refractivity contribution >= 4 is 0 Å². The Morgan fingerprint density at radius 2 is 2.10 bits per heavy atom. The van der Waals surface area contributed by atoms with Crippen LogP contribution in [0.1, 0.15) is 33.6 Å². The molecular formula is C10H18. The standard InChI is InChI=1S/C10H18/c1-5-7-8-10(6-2)9(3)4/h5,8-9H,1,6-7H2,2-4H3/b10-8+. The molecule has 0 aromatic carbocycles. The van der Waals surface area contributed by atoms with E-state index in [1.165, 1.54) is 6.42 Å². The average Bonchev–Trinajstić information content (AvgIpc) is 1.89. The van der Waals surface area contributed by atoms with E-state index in [2.05, 4.69) is 33.4 Å².